The van der Waals surface area contributed by atoms with Crippen LogP contribution in [0.25, 0.3) is 0 Å². The molecule has 1 aromatic carbocycles. The Balaban J connectivity index is 1.46. The summed E-state index contributed by atoms with van der Waals surface area (Å²) < 4.78 is 32.2. The van der Waals surface area contributed by atoms with E-state index in [0.29, 0.717) is 46.6 Å². The number of carbonyl (C=O) groups excluding carboxylic acids is 3. The number of morpholine rings is 1. The van der Waals surface area contributed by atoms with E-state index in [4.69, 9.17) is 16.3 Å². The van der Waals surface area contributed by atoms with Gasteiger partial charge in [-0.1, -0.05) is 11.6 Å². The van der Waals surface area contributed by atoms with Gasteiger partial charge in [-0.15, -0.1) is 11.3 Å². The summed E-state index contributed by atoms with van der Waals surface area (Å²) in [5.41, 5.74) is 1.13. The second kappa shape index (κ2) is 11.4. The van der Waals surface area contributed by atoms with Crippen LogP contribution in [0.4, 0.5) is 20.2 Å². The molecule has 4 rings (SSSR count). The minimum Gasteiger partial charge on any atom is -0.370 e. The molecule has 0 bridgehead atoms. The Bertz CT molecular complexity index is 1060. The number of ether oxygens (including phenoxy) is 1. The molecule has 1 aromatic heterocycles. The number of halogens is 3. The van der Waals surface area contributed by atoms with Crippen molar-refractivity contribution in [2.24, 2.45) is 0 Å². The maximum absolute atomic E-state index is 13.3. The van der Waals surface area contributed by atoms with E-state index in [1.54, 1.807) is 41.3 Å². The number of nitrogens with one attached hydrogen (secondary N) is 2. The van der Waals surface area contributed by atoms with Crippen molar-refractivity contribution < 1.29 is 27.9 Å². The van der Waals surface area contributed by atoms with Crippen molar-refractivity contribution in [3.05, 3.63) is 45.6 Å². The molecule has 188 valence electrons. The van der Waals surface area contributed by atoms with Crippen LogP contribution >= 0.6 is 22.9 Å². The predicted molar refractivity (Wildman–Crippen MR) is 129 cm³/mol. The summed E-state index contributed by atoms with van der Waals surface area (Å²) in [4.78, 5) is 41.2. The van der Waals surface area contributed by atoms with E-state index in [2.05, 4.69) is 10.6 Å². The van der Waals surface area contributed by atoms with Crippen molar-refractivity contribution in [3.8, 4) is 0 Å². The second-order valence-corrected chi connectivity index (χ2v) is 10.00. The highest BCUT2D eigenvalue weighted by molar-refractivity contribution is 7.18. The Labute approximate surface area is 210 Å². The number of amides is 3. The van der Waals surface area contributed by atoms with Crippen LogP contribution in [0, 0.1) is 0 Å². The Morgan fingerprint density at radius 3 is 2.54 bits per heavy atom. The largest absolute Gasteiger partial charge is 0.370 e. The van der Waals surface area contributed by atoms with Crippen molar-refractivity contribution in [1.82, 2.24) is 10.2 Å². The molecule has 3 amide bonds. The molecule has 2 heterocycles. The number of nitrogens with zero attached hydrogens (tertiary/aromatic N) is 2. The number of anilines is 2. The molecule has 2 fully saturated rings. The fourth-order valence-electron chi connectivity index (χ4n) is 3.91. The lowest BCUT2D eigenvalue weighted by molar-refractivity contribution is -0.125. The van der Waals surface area contributed by atoms with Gasteiger partial charge in [0.1, 0.15) is 12.6 Å². The van der Waals surface area contributed by atoms with E-state index in [-0.39, 0.29) is 25.1 Å². The van der Waals surface area contributed by atoms with Gasteiger partial charge in [-0.05, 0) is 49.2 Å². The number of thiophene rings is 1. The third-order valence-corrected chi connectivity index (χ3v) is 6.98. The SMILES string of the molecule is O=C(NC[C@@H](C(=O)Nc1ccc(N2CCOCC2=O)cc1)N(CC(F)F)C1CC1)c1ccc(Cl)s1. The first-order valence-electron chi connectivity index (χ1n) is 11.2. The van der Waals surface area contributed by atoms with Crippen molar-refractivity contribution >= 4 is 52.0 Å². The molecular formula is C23H25ClF2N4O4S. The molecule has 0 radical (unpaired) electrons. The van der Waals surface area contributed by atoms with E-state index >= 15 is 0 Å². The second-order valence-electron chi connectivity index (χ2n) is 8.28. The fraction of sp³-hybridized carbons (Fsp3) is 0.435. The Kier molecular flexibility index (Phi) is 8.32. The Morgan fingerprint density at radius 1 is 1.20 bits per heavy atom. The highest BCUT2D eigenvalue weighted by Gasteiger charge is 2.39. The first-order chi connectivity index (χ1) is 16.8. The van der Waals surface area contributed by atoms with E-state index in [9.17, 15) is 23.2 Å². The molecule has 8 nitrogen and oxygen atoms in total. The molecule has 1 atom stereocenters. The number of alkyl halides is 2. The minimum atomic E-state index is -2.62. The molecule has 1 saturated carbocycles. The van der Waals surface area contributed by atoms with E-state index in [1.807, 2.05) is 0 Å². The van der Waals surface area contributed by atoms with Gasteiger partial charge in [0.05, 0.1) is 22.4 Å². The molecule has 2 aliphatic rings. The van der Waals surface area contributed by atoms with Crippen LogP contribution in [0.1, 0.15) is 22.5 Å². The number of hydrogen-bond donors (Lipinski definition) is 2. The molecule has 1 aliphatic carbocycles. The van der Waals surface area contributed by atoms with Crippen LogP contribution in [-0.4, -0.2) is 74.0 Å². The van der Waals surface area contributed by atoms with Crippen LogP contribution in [0.3, 0.4) is 0 Å². The normalized spacial score (nSPS) is 17.1. The molecule has 2 N–H and O–H groups in total. The topological polar surface area (TPSA) is 91.0 Å². The average Bonchev–Trinajstić information content (AvgIpc) is 3.58. The molecule has 2 aromatic rings. The zero-order valence-electron chi connectivity index (χ0n) is 18.7. The monoisotopic (exact) mass is 526 g/mol. The molecular weight excluding hydrogens is 502 g/mol. The highest BCUT2D eigenvalue weighted by Crippen LogP contribution is 2.30. The maximum atomic E-state index is 13.3. The third kappa shape index (κ3) is 6.75. The number of carbonyl (C=O) groups is 3. The Morgan fingerprint density at radius 2 is 1.94 bits per heavy atom. The lowest BCUT2D eigenvalue weighted by atomic mass is 10.2. The number of benzene rings is 1. The average molecular weight is 527 g/mol. The van der Waals surface area contributed by atoms with Crippen LogP contribution in [0.5, 0.6) is 0 Å². The van der Waals surface area contributed by atoms with Gasteiger partial charge in [0.15, 0.2) is 0 Å². The van der Waals surface area contributed by atoms with E-state index in [0.717, 1.165) is 11.3 Å². The molecule has 0 spiro atoms. The molecule has 35 heavy (non-hydrogen) atoms. The summed E-state index contributed by atoms with van der Waals surface area (Å²) in [5, 5.41) is 5.45. The quantitative estimate of drug-likeness (QED) is 0.496. The van der Waals surface area contributed by atoms with Gasteiger partial charge in [0.2, 0.25) is 5.91 Å². The summed E-state index contributed by atoms with van der Waals surface area (Å²) in [6.07, 6.45) is -1.19. The summed E-state index contributed by atoms with van der Waals surface area (Å²) in [6, 6.07) is 8.73. The van der Waals surface area contributed by atoms with Gasteiger partial charge in [-0.25, -0.2) is 8.78 Å². The van der Waals surface area contributed by atoms with Crippen molar-refractivity contribution in [2.75, 3.05) is 43.1 Å². The lowest BCUT2D eigenvalue weighted by Crippen LogP contribution is -2.53. The lowest BCUT2D eigenvalue weighted by Gasteiger charge is -2.31. The number of hydrogen-bond acceptors (Lipinski definition) is 6. The minimum absolute atomic E-state index is 0.0186. The van der Waals surface area contributed by atoms with Gasteiger partial charge in [-0.3, -0.25) is 19.3 Å². The van der Waals surface area contributed by atoms with Gasteiger partial charge < -0.3 is 20.3 Å². The summed E-state index contributed by atoms with van der Waals surface area (Å²) in [5.74, 6) is -1.08. The molecule has 1 aliphatic heterocycles. The smallest absolute Gasteiger partial charge is 0.261 e. The van der Waals surface area contributed by atoms with E-state index in [1.165, 1.54) is 4.90 Å². The molecule has 0 unspecified atom stereocenters. The van der Waals surface area contributed by atoms with Crippen LogP contribution < -0.4 is 15.5 Å². The van der Waals surface area contributed by atoms with Gasteiger partial charge in [-0.2, -0.15) is 0 Å². The van der Waals surface area contributed by atoms with Gasteiger partial charge in [0.25, 0.3) is 18.2 Å². The van der Waals surface area contributed by atoms with Gasteiger partial charge >= 0.3 is 0 Å². The van der Waals surface area contributed by atoms with Crippen LogP contribution in [0.15, 0.2) is 36.4 Å². The van der Waals surface area contributed by atoms with Crippen molar-refractivity contribution in [3.63, 3.8) is 0 Å². The molecule has 12 heteroatoms. The zero-order chi connectivity index (χ0) is 24.9. The predicted octanol–water partition coefficient (Wildman–Crippen LogP) is 3.23. The maximum Gasteiger partial charge on any atom is 0.261 e. The fourth-order valence-corrected chi connectivity index (χ4v) is 4.87. The summed E-state index contributed by atoms with van der Waals surface area (Å²) >= 11 is 6.98. The Hall–Kier alpha value is -2.60. The van der Waals surface area contributed by atoms with Crippen molar-refractivity contribution in [1.29, 1.82) is 0 Å². The first kappa shape index (κ1) is 25.5. The van der Waals surface area contributed by atoms with Gasteiger partial charge in [0, 0.05) is 30.5 Å². The first-order valence-corrected chi connectivity index (χ1v) is 12.4. The molecule has 1 saturated heterocycles. The van der Waals surface area contributed by atoms with E-state index < -0.39 is 30.8 Å². The van der Waals surface area contributed by atoms with Crippen molar-refractivity contribution in [2.45, 2.75) is 31.4 Å². The standard InChI is InChI=1S/C23H25ClF2N4O4S/c24-19-8-7-18(35-19)23(33)27-11-17(30(12-20(25)26)16-5-6-16)22(32)28-14-1-3-15(4-2-14)29-9-10-34-13-21(29)31/h1-4,7-8,16-17,20H,5-6,9-13H2,(H,27,33)(H,28,32)/t17-/m0/s1. The van der Waals surface area contributed by atoms with Crippen LogP contribution in [-0.2, 0) is 14.3 Å². The van der Waals surface area contributed by atoms with Crippen LogP contribution in [0.2, 0.25) is 4.34 Å². The highest BCUT2D eigenvalue weighted by atomic mass is 35.5. The summed E-state index contributed by atoms with van der Waals surface area (Å²) in [6.45, 7) is 0.193. The zero-order valence-corrected chi connectivity index (χ0v) is 20.3. The summed E-state index contributed by atoms with van der Waals surface area (Å²) in [7, 11) is 0. The number of rotatable bonds is 10. The third-order valence-electron chi connectivity index (χ3n) is 5.75.